The van der Waals surface area contributed by atoms with Gasteiger partial charge in [0, 0.05) is 6.42 Å². The summed E-state index contributed by atoms with van der Waals surface area (Å²) in [5, 5.41) is 10.2. The summed E-state index contributed by atoms with van der Waals surface area (Å²) in [7, 11) is 0. The molecule has 3 unspecified atom stereocenters. The molecule has 1 fully saturated rings. The van der Waals surface area contributed by atoms with Crippen LogP contribution in [0.15, 0.2) is 24.3 Å². The van der Waals surface area contributed by atoms with E-state index in [0.29, 0.717) is 6.42 Å². The molecular weight excluding hydrogens is 202 g/mol. The SMILES string of the molecule is CC1C(O)c2ccccc2C2CCC(=O)N21. The third-order valence-corrected chi connectivity index (χ3v) is 3.82. The molecule has 3 rings (SSSR count). The Hall–Kier alpha value is -1.35. The molecule has 0 radical (unpaired) electrons. The first-order valence-corrected chi connectivity index (χ1v) is 5.78. The second-order valence-corrected chi connectivity index (χ2v) is 4.67. The largest absolute Gasteiger partial charge is 0.386 e. The lowest BCUT2D eigenvalue weighted by atomic mass is 9.87. The van der Waals surface area contributed by atoms with Crippen LogP contribution in [0.2, 0.25) is 0 Å². The van der Waals surface area contributed by atoms with Crippen molar-refractivity contribution >= 4 is 5.91 Å². The summed E-state index contributed by atoms with van der Waals surface area (Å²) < 4.78 is 0. The number of rotatable bonds is 0. The zero-order valence-corrected chi connectivity index (χ0v) is 9.26. The molecule has 3 nitrogen and oxygen atoms in total. The van der Waals surface area contributed by atoms with E-state index in [4.69, 9.17) is 0 Å². The van der Waals surface area contributed by atoms with Crippen molar-refractivity contribution in [1.29, 1.82) is 0 Å². The van der Waals surface area contributed by atoms with E-state index in [0.717, 1.165) is 17.5 Å². The standard InChI is InChI=1S/C13H15NO2/c1-8-13(16)10-5-3-2-4-9(10)11-6-7-12(15)14(8)11/h2-5,8,11,13,16H,6-7H2,1H3. The number of carbonyl (C=O) groups is 1. The van der Waals surface area contributed by atoms with Crippen LogP contribution >= 0.6 is 0 Å². The van der Waals surface area contributed by atoms with Crippen molar-refractivity contribution in [2.24, 2.45) is 0 Å². The Morgan fingerprint density at radius 1 is 1.31 bits per heavy atom. The molecule has 16 heavy (non-hydrogen) atoms. The van der Waals surface area contributed by atoms with E-state index in [1.54, 1.807) is 0 Å². The first kappa shape index (κ1) is 9.85. The molecule has 1 N–H and O–H groups in total. The van der Waals surface area contributed by atoms with Crippen LogP contribution in [0.25, 0.3) is 0 Å². The fourth-order valence-electron chi connectivity index (χ4n) is 3.01. The van der Waals surface area contributed by atoms with Crippen LogP contribution in [0.5, 0.6) is 0 Å². The lowest BCUT2D eigenvalue weighted by molar-refractivity contribution is -0.134. The van der Waals surface area contributed by atoms with Crippen LogP contribution in [0.1, 0.15) is 43.0 Å². The molecule has 1 amide bonds. The van der Waals surface area contributed by atoms with Crippen LogP contribution in [0.3, 0.4) is 0 Å². The Morgan fingerprint density at radius 3 is 2.75 bits per heavy atom. The molecule has 0 saturated carbocycles. The van der Waals surface area contributed by atoms with Crippen LogP contribution in [-0.2, 0) is 4.79 Å². The summed E-state index contributed by atoms with van der Waals surface area (Å²) in [6, 6.07) is 8.00. The predicted molar refractivity (Wildman–Crippen MR) is 59.7 cm³/mol. The van der Waals surface area contributed by atoms with Crippen molar-refractivity contribution in [2.75, 3.05) is 0 Å². The molecule has 3 atom stereocenters. The minimum atomic E-state index is -0.547. The molecular formula is C13H15NO2. The molecule has 1 aromatic rings. The highest BCUT2D eigenvalue weighted by molar-refractivity contribution is 5.80. The van der Waals surface area contributed by atoms with Crippen molar-refractivity contribution in [3.05, 3.63) is 35.4 Å². The fraction of sp³-hybridized carbons (Fsp3) is 0.462. The topological polar surface area (TPSA) is 40.5 Å². The summed E-state index contributed by atoms with van der Waals surface area (Å²) in [5.41, 5.74) is 2.12. The highest BCUT2D eigenvalue weighted by Crippen LogP contribution is 2.44. The number of benzene rings is 1. The maximum Gasteiger partial charge on any atom is 0.223 e. The number of hydrogen-bond acceptors (Lipinski definition) is 2. The number of hydrogen-bond donors (Lipinski definition) is 1. The lowest BCUT2D eigenvalue weighted by Gasteiger charge is -2.40. The smallest absolute Gasteiger partial charge is 0.223 e. The molecule has 0 bridgehead atoms. The fourth-order valence-corrected chi connectivity index (χ4v) is 3.01. The number of aliphatic hydroxyl groups excluding tert-OH is 1. The summed E-state index contributed by atoms with van der Waals surface area (Å²) in [5.74, 6) is 0.172. The Kier molecular flexibility index (Phi) is 2.04. The normalized spacial score (nSPS) is 32.5. The molecule has 84 valence electrons. The van der Waals surface area contributed by atoms with E-state index in [2.05, 4.69) is 0 Å². The van der Waals surface area contributed by atoms with Crippen LogP contribution < -0.4 is 0 Å². The van der Waals surface area contributed by atoms with Gasteiger partial charge in [0.2, 0.25) is 5.91 Å². The lowest BCUT2D eigenvalue weighted by Crippen LogP contribution is -2.43. The highest BCUT2D eigenvalue weighted by Gasteiger charge is 2.43. The number of carbonyl (C=O) groups excluding carboxylic acids is 1. The van der Waals surface area contributed by atoms with Gasteiger partial charge in [-0.15, -0.1) is 0 Å². The van der Waals surface area contributed by atoms with Gasteiger partial charge in [0.15, 0.2) is 0 Å². The quantitative estimate of drug-likeness (QED) is 0.719. The van der Waals surface area contributed by atoms with Gasteiger partial charge in [0.25, 0.3) is 0 Å². The second kappa shape index (κ2) is 3.32. The molecule has 3 heteroatoms. The molecule has 2 aliphatic rings. The summed E-state index contributed by atoms with van der Waals surface area (Å²) in [4.78, 5) is 13.6. The summed E-state index contributed by atoms with van der Waals surface area (Å²) in [6.07, 6.45) is 0.942. The second-order valence-electron chi connectivity index (χ2n) is 4.67. The molecule has 2 aliphatic heterocycles. The van der Waals surface area contributed by atoms with E-state index in [-0.39, 0.29) is 18.0 Å². The Balaban J connectivity index is 2.15. The van der Waals surface area contributed by atoms with E-state index in [1.165, 1.54) is 0 Å². The Morgan fingerprint density at radius 2 is 2.00 bits per heavy atom. The molecule has 1 aromatic carbocycles. The summed E-state index contributed by atoms with van der Waals surface area (Å²) in [6.45, 7) is 1.93. The maximum absolute atomic E-state index is 11.8. The van der Waals surface area contributed by atoms with Crippen molar-refractivity contribution in [3.8, 4) is 0 Å². The van der Waals surface area contributed by atoms with E-state index in [1.807, 2.05) is 36.1 Å². The van der Waals surface area contributed by atoms with Gasteiger partial charge in [-0.25, -0.2) is 0 Å². The highest BCUT2D eigenvalue weighted by atomic mass is 16.3. The molecule has 0 spiro atoms. The van der Waals surface area contributed by atoms with Gasteiger partial charge in [-0.05, 0) is 24.5 Å². The monoisotopic (exact) mass is 217 g/mol. The van der Waals surface area contributed by atoms with Gasteiger partial charge in [-0.1, -0.05) is 24.3 Å². The third-order valence-electron chi connectivity index (χ3n) is 3.82. The van der Waals surface area contributed by atoms with Crippen molar-refractivity contribution in [3.63, 3.8) is 0 Å². The van der Waals surface area contributed by atoms with Crippen molar-refractivity contribution in [1.82, 2.24) is 4.90 Å². The summed E-state index contributed by atoms with van der Waals surface area (Å²) >= 11 is 0. The van der Waals surface area contributed by atoms with Gasteiger partial charge in [-0.2, -0.15) is 0 Å². The number of amides is 1. The van der Waals surface area contributed by atoms with E-state index >= 15 is 0 Å². The molecule has 2 heterocycles. The van der Waals surface area contributed by atoms with Crippen LogP contribution in [0, 0.1) is 0 Å². The van der Waals surface area contributed by atoms with Gasteiger partial charge < -0.3 is 10.0 Å². The first-order chi connectivity index (χ1) is 7.70. The van der Waals surface area contributed by atoms with Gasteiger partial charge in [0.05, 0.1) is 18.2 Å². The van der Waals surface area contributed by atoms with Gasteiger partial charge in [-0.3, -0.25) is 4.79 Å². The van der Waals surface area contributed by atoms with E-state index in [9.17, 15) is 9.90 Å². The zero-order chi connectivity index (χ0) is 11.3. The average molecular weight is 217 g/mol. The minimum Gasteiger partial charge on any atom is -0.386 e. The number of nitrogens with zero attached hydrogens (tertiary/aromatic N) is 1. The van der Waals surface area contributed by atoms with Crippen LogP contribution in [-0.4, -0.2) is 22.0 Å². The molecule has 1 saturated heterocycles. The number of fused-ring (bicyclic) bond motifs is 3. The van der Waals surface area contributed by atoms with Gasteiger partial charge >= 0.3 is 0 Å². The Bertz CT molecular complexity index is 443. The minimum absolute atomic E-state index is 0.102. The van der Waals surface area contributed by atoms with Crippen molar-refractivity contribution < 1.29 is 9.90 Å². The first-order valence-electron chi connectivity index (χ1n) is 5.78. The van der Waals surface area contributed by atoms with Gasteiger partial charge in [0.1, 0.15) is 0 Å². The Labute approximate surface area is 94.7 Å². The zero-order valence-electron chi connectivity index (χ0n) is 9.26. The third kappa shape index (κ3) is 1.15. The maximum atomic E-state index is 11.8. The van der Waals surface area contributed by atoms with Crippen molar-refractivity contribution in [2.45, 2.75) is 38.0 Å². The number of aliphatic hydroxyl groups is 1. The molecule has 0 aromatic heterocycles. The van der Waals surface area contributed by atoms with E-state index < -0.39 is 6.10 Å². The predicted octanol–water partition coefficient (Wildman–Crippen LogP) is 1.79. The molecule has 0 aliphatic carbocycles. The average Bonchev–Trinajstić information content (AvgIpc) is 2.69. The van der Waals surface area contributed by atoms with Crippen LogP contribution in [0.4, 0.5) is 0 Å².